The predicted octanol–water partition coefficient (Wildman–Crippen LogP) is 2.89. The summed E-state index contributed by atoms with van der Waals surface area (Å²) in [7, 11) is 0. The fourth-order valence-corrected chi connectivity index (χ4v) is 2.69. The van der Waals surface area contributed by atoms with Crippen molar-refractivity contribution in [2.24, 2.45) is 5.92 Å². The van der Waals surface area contributed by atoms with Crippen LogP contribution in [0.5, 0.6) is 0 Å². The van der Waals surface area contributed by atoms with Crippen molar-refractivity contribution < 1.29 is 14.3 Å². The molecular weight excluding hydrogens is 323 g/mol. The molecule has 25 heavy (non-hydrogen) atoms. The molecule has 0 bridgehead atoms. The van der Waals surface area contributed by atoms with Crippen molar-refractivity contribution >= 4 is 16.8 Å². The quantitative estimate of drug-likeness (QED) is 0.751. The van der Waals surface area contributed by atoms with Gasteiger partial charge in [-0.1, -0.05) is 13.8 Å². The second-order valence-electron chi connectivity index (χ2n) is 7.29. The number of fused-ring (bicyclic) bond motifs is 1. The van der Waals surface area contributed by atoms with Gasteiger partial charge in [0.05, 0.1) is 11.1 Å². The van der Waals surface area contributed by atoms with E-state index in [0.717, 1.165) is 12.5 Å². The number of aromatic nitrogens is 1. The molecule has 0 fully saturated rings. The highest BCUT2D eigenvalue weighted by Crippen LogP contribution is 2.17. The highest BCUT2D eigenvalue weighted by molar-refractivity contribution is 5.97. The summed E-state index contributed by atoms with van der Waals surface area (Å²) < 4.78 is 13.6. The highest BCUT2D eigenvalue weighted by atomic mass is 19.1. The van der Waals surface area contributed by atoms with E-state index in [9.17, 15) is 19.1 Å². The summed E-state index contributed by atoms with van der Waals surface area (Å²) in [6, 6.07) is 2.45. The van der Waals surface area contributed by atoms with Crippen molar-refractivity contribution in [3.8, 4) is 0 Å². The number of aromatic amines is 1. The largest absolute Gasteiger partial charge is 0.388 e. The Bertz CT molecular complexity index is 840. The lowest BCUT2D eigenvalue weighted by Crippen LogP contribution is -2.42. The molecule has 5 nitrogen and oxygen atoms in total. The van der Waals surface area contributed by atoms with E-state index in [2.05, 4.69) is 24.1 Å². The van der Waals surface area contributed by atoms with E-state index in [4.69, 9.17) is 0 Å². The van der Waals surface area contributed by atoms with Crippen molar-refractivity contribution in [1.29, 1.82) is 0 Å². The average Bonchev–Trinajstić information content (AvgIpc) is 2.52. The molecule has 0 saturated heterocycles. The van der Waals surface area contributed by atoms with Crippen molar-refractivity contribution in [2.75, 3.05) is 6.54 Å². The monoisotopic (exact) mass is 348 g/mol. The minimum atomic E-state index is -1.05. The van der Waals surface area contributed by atoms with Crippen molar-refractivity contribution in [3.63, 3.8) is 0 Å². The molecule has 0 aliphatic heterocycles. The van der Waals surface area contributed by atoms with Gasteiger partial charge in [0.15, 0.2) is 0 Å². The number of halogens is 1. The molecule has 1 aromatic carbocycles. The smallest absolute Gasteiger partial charge is 0.256 e. The zero-order valence-electron chi connectivity index (χ0n) is 15.1. The van der Waals surface area contributed by atoms with Gasteiger partial charge in [-0.15, -0.1) is 0 Å². The third-order valence-electron chi connectivity index (χ3n) is 4.29. The van der Waals surface area contributed by atoms with E-state index in [1.807, 2.05) is 0 Å². The van der Waals surface area contributed by atoms with Crippen LogP contribution in [0.4, 0.5) is 4.39 Å². The van der Waals surface area contributed by atoms with E-state index >= 15 is 0 Å². The topological polar surface area (TPSA) is 82.2 Å². The van der Waals surface area contributed by atoms with Crippen molar-refractivity contribution in [2.45, 2.75) is 46.1 Å². The second-order valence-corrected chi connectivity index (χ2v) is 7.29. The molecule has 1 atom stereocenters. The molecule has 2 aromatic rings. The van der Waals surface area contributed by atoms with Gasteiger partial charge < -0.3 is 15.4 Å². The van der Waals surface area contributed by atoms with Gasteiger partial charge >= 0.3 is 0 Å². The minimum absolute atomic E-state index is 0.0399. The molecular formula is C19H25FN2O3. The fraction of sp³-hybridized carbons (Fsp3) is 0.474. The molecule has 0 spiro atoms. The predicted molar refractivity (Wildman–Crippen MR) is 96.3 cm³/mol. The Kier molecular flexibility index (Phi) is 5.62. The van der Waals surface area contributed by atoms with Crippen LogP contribution in [0.3, 0.4) is 0 Å². The molecule has 136 valence electrons. The third kappa shape index (κ3) is 4.66. The maximum absolute atomic E-state index is 13.6. The Labute approximate surface area is 146 Å². The molecule has 6 heteroatoms. The van der Waals surface area contributed by atoms with Crippen LogP contribution in [0.15, 0.2) is 23.1 Å². The number of benzene rings is 1. The number of carbonyl (C=O) groups is 1. The normalized spacial score (nSPS) is 13.9. The van der Waals surface area contributed by atoms with E-state index in [-0.39, 0.29) is 17.5 Å². The number of aryl methyl sites for hydroxylation is 1. The zero-order valence-corrected chi connectivity index (χ0v) is 15.1. The van der Waals surface area contributed by atoms with Crippen LogP contribution >= 0.6 is 0 Å². The summed E-state index contributed by atoms with van der Waals surface area (Å²) in [5.41, 5.74) is -0.581. The standard InChI is InChI=1S/C19H25FN2O3/c1-11(2)5-6-19(4,25)10-22-18(24)15-9-21-16-12(3)7-13(20)8-14(16)17(15)23/h7-9,11,25H,5-6,10H2,1-4H3,(H,21,23)(H,22,24). The third-order valence-corrected chi connectivity index (χ3v) is 4.29. The van der Waals surface area contributed by atoms with Gasteiger partial charge in [-0.05, 0) is 50.3 Å². The summed E-state index contributed by atoms with van der Waals surface area (Å²) in [6.07, 6.45) is 2.70. The Balaban J connectivity index is 2.20. The Morgan fingerprint density at radius 1 is 1.40 bits per heavy atom. The van der Waals surface area contributed by atoms with Crippen LogP contribution in [-0.4, -0.2) is 28.1 Å². The number of aliphatic hydroxyl groups is 1. The molecule has 0 saturated carbocycles. The summed E-state index contributed by atoms with van der Waals surface area (Å²) >= 11 is 0. The molecule has 0 radical (unpaired) electrons. The lowest BCUT2D eigenvalue weighted by atomic mass is 9.95. The number of carbonyl (C=O) groups excluding carboxylic acids is 1. The van der Waals surface area contributed by atoms with Gasteiger partial charge in [0.1, 0.15) is 11.4 Å². The molecule has 1 amide bonds. The number of rotatable bonds is 6. The van der Waals surface area contributed by atoms with Crippen molar-refractivity contribution in [3.05, 3.63) is 45.5 Å². The van der Waals surface area contributed by atoms with E-state index in [1.165, 1.54) is 12.3 Å². The van der Waals surface area contributed by atoms with Gasteiger partial charge in [0, 0.05) is 18.1 Å². The lowest BCUT2D eigenvalue weighted by molar-refractivity contribution is 0.0429. The molecule has 0 aliphatic rings. The van der Waals surface area contributed by atoms with Crippen molar-refractivity contribution in [1.82, 2.24) is 10.3 Å². The Morgan fingerprint density at radius 2 is 2.08 bits per heavy atom. The molecule has 1 heterocycles. The zero-order chi connectivity index (χ0) is 18.8. The average molecular weight is 348 g/mol. The molecule has 1 unspecified atom stereocenters. The number of H-pyrrole nitrogens is 1. The molecule has 0 aliphatic carbocycles. The first-order valence-electron chi connectivity index (χ1n) is 8.43. The van der Waals surface area contributed by atoms with E-state index < -0.39 is 22.8 Å². The summed E-state index contributed by atoms with van der Waals surface area (Å²) in [4.78, 5) is 27.7. The van der Waals surface area contributed by atoms with Gasteiger partial charge in [-0.2, -0.15) is 0 Å². The maximum Gasteiger partial charge on any atom is 0.256 e. The summed E-state index contributed by atoms with van der Waals surface area (Å²) in [5, 5.41) is 13.1. The first-order valence-corrected chi connectivity index (χ1v) is 8.43. The summed E-state index contributed by atoms with van der Waals surface area (Å²) in [5.74, 6) is -0.664. The van der Waals surface area contributed by atoms with Crippen LogP contribution in [0.2, 0.25) is 0 Å². The molecule has 2 rings (SSSR count). The van der Waals surface area contributed by atoms with Crippen LogP contribution in [-0.2, 0) is 0 Å². The first kappa shape index (κ1) is 19.1. The first-order chi connectivity index (χ1) is 11.6. The van der Waals surface area contributed by atoms with Crippen LogP contribution in [0, 0.1) is 18.7 Å². The highest BCUT2D eigenvalue weighted by Gasteiger charge is 2.23. The maximum atomic E-state index is 13.6. The van der Waals surface area contributed by atoms with Gasteiger partial charge in [-0.3, -0.25) is 9.59 Å². The molecule has 3 N–H and O–H groups in total. The number of amides is 1. The number of hydrogen-bond donors (Lipinski definition) is 3. The van der Waals surface area contributed by atoms with Crippen LogP contribution in [0.1, 0.15) is 49.5 Å². The number of pyridine rings is 1. The SMILES string of the molecule is Cc1cc(F)cc2c(=O)c(C(=O)NCC(C)(O)CCC(C)C)c[nH]c12. The van der Waals surface area contributed by atoms with E-state index in [0.29, 0.717) is 23.4 Å². The number of nitrogens with one attached hydrogen (secondary N) is 2. The second kappa shape index (κ2) is 7.35. The lowest BCUT2D eigenvalue weighted by Gasteiger charge is -2.24. The minimum Gasteiger partial charge on any atom is -0.388 e. The molecule has 1 aromatic heterocycles. The Morgan fingerprint density at radius 3 is 2.72 bits per heavy atom. The number of hydrogen-bond acceptors (Lipinski definition) is 3. The van der Waals surface area contributed by atoms with Gasteiger partial charge in [0.2, 0.25) is 5.43 Å². The summed E-state index contributed by atoms with van der Waals surface area (Å²) in [6.45, 7) is 7.50. The fourth-order valence-electron chi connectivity index (χ4n) is 2.69. The van der Waals surface area contributed by atoms with Crippen LogP contribution in [0.25, 0.3) is 10.9 Å². The van der Waals surface area contributed by atoms with Crippen LogP contribution < -0.4 is 10.7 Å². The Hall–Kier alpha value is -2.21. The van der Waals surface area contributed by atoms with E-state index in [1.54, 1.807) is 13.8 Å². The van der Waals surface area contributed by atoms with Gasteiger partial charge in [-0.25, -0.2) is 4.39 Å². The van der Waals surface area contributed by atoms with Gasteiger partial charge in [0.25, 0.3) is 5.91 Å².